The summed E-state index contributed by atoms with van der Waals surface area (Å²) >= 11 is 0. The van der Waals surface area contributed by atoms with E-state index in [1.807, 2.05) is 13.1 Å². The number of nitrogens with two attached hydrogens (primary N) is 1. The van der Waals surface area contributed by atoms with Crippen LogP contribution in [-0.2, 0) is 0 Å². The Bertz CT molecular complexity index is 386. The minimum atomic E-state index is -0.322. The van der Waals surface area contributed by atoms with E-state index in [1.54, 1.807) is 6.07 Å². The van der Waals surface area contributed by atoms with Gasteiger partial charge >= 0.3 is 0 Å². The fourth-order valence-corrected chi connectivity index (χ4v) is 2.83. The van der Waals surface area contributed by atoms with Crippen molar-refractivity contribution in [3.63, 3.8) is 0 Å². The standard InChI is InChI=1S/C15H23FN2/c1-18(11-10-12-6-3-2-4-7-12)14-9-5-8-13(16)15(14)17/h5,8-9,12H,2-4,6-7,10-11,17H2,1H3. The molecule has 2 N–H and O–H groups in total. The van der Waals surface area contributed by atoms with Gasteiger partial charge in [-0.05, 0) is 24.5 Å². The minimum Gasteiger partial charge on any atom is -0.395 e. The molecule has 2 nitrogen and oxygen atoms in total. The maximum atomic E-state index is 13.4. The van der Waals surface area contributed by atoms with Gasteiger partial charge in [-0.15, -0.1) is 0 Å². The van der Waals surface area contributed by atoms with Gasteiger partial charge in [0, 0.05) is 13.6 Å². The van der Waals surface area contributed by atoms with Crippen LogP contribution >= 0.6 is 0 Å². The molecule has 0 radical (unpaired) electrons. The van der Waals surface area contributed by atoms with Crippen LogP contribution in [0.15, 0.2) is 18.2 Å². The number of halogens is 1. The Morgan fingerprint density at radius 1 is 1.28 bits per heavy atom. The predicted octanol–water partition coefficient (Wildman–Crippen LogP) is 3.81. The predicted molar refractivity (Wildman–Crippen MR) is 75.3 cm³/mol. The molecule has 0 amide bonds. The van der Waals surface area contributed by atoms with Crippen molar-refractivity contribution >= 4 is 11.4 Å². The van der Waals surface area contributed by atoms with E-state index < -0.39 is 0 Å². The number of nitrogens with zero attached hydrogens (tertiary/aromatic N) is 1. The van der Waals surface area contributed by atoms with Crippen LogP contribution in [0.5, 0.6) is 0 Å². The Labute approximate surface area is 109 Å². The second-order valence-electron chi connectivity index (χ2n) is 5.39. The third-order valence-corrected chi connectivity index (χ3v) is 4.04. The van der Waals surface area contributed by atoms with Crippen LogP contribution in [0.2, 0.25) is 0 Å². The quantitative estimate of drug-likeness (QED) is 0.823. The molecule has 0 aromatic heterocycles. The molecule has 0 aliphatic heterocycles. The second kappa shape index (κ2) is 6.07. The topological polar surface area (TPSA) is 29.3 Å². The number of rotatable bonds is 4. The Morgan fingerprint density at radius 3 is 2.72 bits per heavy atom. The van der Waals surface area contributed by atoms with Crippen molar-refractivity contribution in [3.8, 4) is 0 Å². The van der Waals surface area contributed by atoms with Crippen LogP contribution in [0.1, 0.15) is 38.5 Å². The van der Waals surface area contributed by atoms with Crippen molar-refractivity contribution in [2.75, 3.05) is 24.2 Å². The van der Waals surface area contributed by atoms with Crippen molar-refractivity contribution in [1.82, 2.24) is 0 Å². The lowest BCUT2D eigenvalue weighted by Gasteiger charge is -2.26. The SMILES string of the molecule is CN(CCC1CCCCC1)c1cccc(F)c1N. The summed E-state index contributed by atoms with van der Waals surface area (Å²) in [4.78, 5) is 2.08. The summed E-state index contributed by atoms with van der Waals surface area (Å²) in [5.41, 5.74) is 6.85. The maximum Gasteiger partial charge on any atom is 0.148 e. The Morgan fingerprint density at radius 2 is 2.00 bits per heavy atom. The monoisotopic (exact) mass is 250 g/mol. The van der Waals surface area contributed by atoms with Crippen LogP contribution in [0, 0.1) is 11.7 Å². The van der Waals surface area contributed by atoms with Gasteiger partial charge in [0.1, 0.15) is 5.82 Å². The number of anilines is 2. The van der Waals surface area contributed by atoms with Gasteiger partial charge in [0.25, 0.3) is 0 Å². The van der Waals surface area contributed by atoms with Gasteiger partial charge in [-0.2, -0.15) is 0 Å². The summed E-state index contributed by atoms with van der Waals surface area (Å²) < 4.78 is 13.4. The molecule has 0 saturated heterocycles. The van der Waals surface area contributed by atoms with Gasteiger partial charge in [-0.3, -0.25) is 0 Å². The van der Waals surface area contributed by atoms with Gasteiger partial charge in [-0.1, -0.05) is 38.2 Å². The van der Waals surface area contributed by atoms with Crippen molar-refractivity contribution in [1.29, 1.82) is 0 Å². The molecule has 0 heterocycles. The van der Waals surface area contributed by atoms with E-state index in [2.05, 4.69) is 4.90 Å². The molecule has 1 aromatic rings. The number of benzene rings is 1. The molecule has 0 unspecified atom stereocenters. The third kappa shape index (κ3) is 3.15. The molecule has 1 fully saturated rings. The zero-order valence-electron chi connectivity index (χ0n) is 11.2. The molecule has 1 aliphatic carbocycles. The van der Waals surface area contributed by atoms with Crippen molar-refractivity contribution < 1.29 is 4.39 Å². The zero-order chi connectivity index (χ0) is 13.0. The summed E-state index contributed by atoms with van der Waals surface area (Å²) in [5.74, 6) is 0.521. The van der Waals surface area contributed by atoms with E-state index in [4.69, 9.17) is 5.73 Å². The van der Waals surface area contributed by atoms with Crippen molar-refractivity contribution in [3.05, 3.63) is 24.0 Å². The summed E-state index contributed by atoms with van der Waals surface area (Å²) in [5, 5.41) is 0. The molecule has 1 aromatic carbocycles. The van der Waals surface area contributed by atoms with Crippen LogP contribution in [0.4, 0.5) is 15.8 Å². The van der Waals surface area contributed by atoms with Gasteiger partial charge in [0.05, 0.1) is 11.4 Å². The molecule has 0 bridgehead atoms. The molecule has 2 rings (SSSR count). The smallest absolute Gasteiger partial charge is 0.148 e. The van der Waals surface area contributed by atoms with E-state index in [9.17, 15) is 4.39 Å². The highest BCUT2D eigenvalue weighted by Crippen LogP contribution is 2.29. The second-order valence-corrected chi connectivity index (χ2v) is 5.39. The highest BCUT2D eigenvalue weighted by Gasteiger charge is 2.15. The van der Waals surface area contributed by atoms with Crippen molar-refractivity contribution in [2.45, 2.75) is 38.5 Å². The maximum absolute atomic E-state index is 13.4. The first-order valence-electron chi connectivity index (χ1n) is 6.93. The van der Waals surface area contributed by atoms with Gasteiger partial charge in [0.15, 0.2) is 0 Å². The van der Waals surface area contributed by atoms with Gasteiger partial charge in [-0.25, -0.2) is 4.39 Å². The molecule has 100 valence electrons. The summed E-state index contributed by atoms with van der Waals surface area (Å²) in [6.07, 6.45) is 8.03. The number of nitrogen functional groups attached to an aromatic ring is 1. The van der Waals surface area contributed by atoms with Crippen molar-refractivity contribution in [2.24, 2.45) is 5.92 Å². The summed E-state index contributed by atoms with van der Waals surface area (Å²) in [6.45, 7) is 0.957. The molecule has 3 heteroatoms. The van der Waals surface area contributed by atoms with E-state index in [-0.39, 0.29) is 11.5 Å². The third-order valence-electron chi connectivity index (χ3n) is 4.04. The van der Waals surface area contributed by atoms with E-state index >= 15 is 0 Å². The van der Waals surface area contributed by atoms with Gasteiger partial charge < -0.3 is 10.6 Å². The molecule has 0 spiro atoms. The fourth-order valence-electron chi connectivity index (χ4n) is 2.83. The molecule has 18 heavy (non-hydrogen) atoms. The largest absolute Gasteiger partial charge is 0.395 e. The Kier molecular flexibility index (Phi) is 4.45. The summed E-state index contributed by atoms with van der Waals surface area (Å²) in [7, 11) is 1.99. The minimum absolute atomic E-state index is 0.267. The summed E-state index contributed by atoms with van der Waals surface area (Å²) in [6, 6.07) is 5.02. The van der Waals surface area contributed by atoms with E-state index in [0.29, 0.717) is 0 Å². The lowest BCUT2D eigenvalue weighted by atomic mass is 9.87. The number of hydrogen-bond donors (Lipinski definition) is 1. The fraction of sp³-hybridized carbons (Fsp3) is 0.600. The van der Waals surface area contributed by atoms with Crippen LogP contribution in [-0.4, -0.2) is 13.6 Å². The normalized spacial score (nSPS) is 16.8. The van der Waals surface area contributed by atoms with Crippen LogP contribution in [0.25, 0.3) is 0 Å². The average molecular weight is 250 g/mol. The molecular weight excluding hydrogens is 227 g/mol. The number of hydrogen-bond acceptors (Lipinski definition) is 2. The Balaban J connectivity index is 1.90. The average Bonchev–Trinajstić information content (AvgIpc) is 2.40. The first-order chi connectivity index (χ1) is 8.68. The van der Waals surface area contributed by atoms with Crippen LogP contribution < -0.4 is 10.6 Å². The highest BCUT2D eigenvalue weighted by atomic mass is 19.1. The highest BCUT2D eigenvalue weighted by molar-refractivity contribution is 5.67. The zero-order valence-corrected chi connectivity index (χ0v) is 11.2. The molecule has 0 atom stereocenters. The molecule has 1 saturated carbocycles. The lowest BCUT2D eigenvalue weighted by Crippen LogP contribution is -2.23. The first kappa shape index (κ1) is 13.2. The first-order valence-corrected chi connectivity index (χ1v) is 6.93. The lowest BCUT2D eigenvalue weighted by molar-refractivity contribution is 0.341. The molecule has 1 aliphatic rings. The number of para-hydroxylation sites is 1. The van der Waals surface area contributed by atoms with E-state index in [1.165, 1.54) is 44.6 Å². The van der Waals surface area contributed by atoms with Gasteiger partial charge in [0.2, 0.25) is 0 Å². The van der Waals surface area contributed by atoms with Crippen LogP contribution in [0.3, 0.4) is 0 Å². The molecular formula is C15H23FN2. The van der Waals surface area contributed by atoms with E-state index in [0.717, 1.165) is 18.2 Å². The Hall–Kier alpha value is -1.25.